The molecule has 186 valence electrons. The minimum atomic E-state index is 0.559. The van der Waals surface area contributed by atoms with E-state index in [1.807, 2.05) is 0 Å². The minimum absolute atomic E-state index is 0.559. The van der Waals surface area contributed by atoms with E-state index in [1.165, 1.54) is 83.6 Å². The smallest absolute Gasteiger partial charge is 0.00262 e. The molecule has 1 nitrogen and oxygen atoms in total. The first-order valence-corrected chi connectivity index (χ1v) is 14.6. The summed E-state index contributed by atoms with van der Waals surface area (Å²) >= 11 is 0. The second-order valence-corrected chi connectivity index (χ2v) is 14.8. The normalized spacial score (nSPS) is 47.2. The molecule has 4 aliphatic rings. The van der Waals surface area contributed by atoms with Crippen molar-refractivity contribution in [1.29, 1.82) is 0 Å². The molecule has 4 rings (SSSR count). The van der Waals surface area contributed by atoms with Gasteiger partial charge in [-0.05, 0) is 129 Å². The molecule has 4 aliphatic carbocycles. The standard InChI is InChI=1S/C31H57N/c1-22(21-32-8)11-9-12-23(2)24-15-19-30(6)25(24)13-14-27-29(5)18-10-17-28(3,4)26(29)16-20-31(27,30)7/h22-27,32H,9-21H2,1-8H3/t22?,23-,24-,25-,26+,27-,29+,30-,31-/m1/s1. The van der Waals surface area contributed by atoms with E-state index in [2.05, 4.69) is 60.8 Å². The van der Waals surface area contributed by atoms with Crippen LogP contribution in [0.4, 0.5) is 0 Å². The molecule has 0 aromatic rings. The van der Waals surface area contributed by atoms with Crippen molar-refractivity contribution >= 4 is 0 Å². The van der Waals surface area contributed by atoms with E-state index in [1.54, 1.807) is 0 Å². The SMILES string of the molecule is CNCC(C)CCC[C@@H](C)[C@H]1CC[C@]2(C)[C@@H]1CC[C@@H]1[C@@]3(C)CCCC(C)(C)[C@@H]3CC[C@]12C. The van der Waals surface area contributed by atoms with E-state index in [9.17, 15) is 0 Å². The summed E-state index contributed by atoms with van der Waals surface area (Å²) in [5.74, 6) is 5.65. The zero-order valence-corrected chi connectivity index (χ0v) is 23.2. The average molecular weight is 444 g/mol. The lowest BCUT2D eigenvalue weighted by Gasteiger charge is -2.69. The van der Waals surface area contributed by atoms with Crippen LogP contribution in [0.2, 0.25) is 0 Å². The van der Waals surface area contributed by atoms with Crippen molar-refractivity contribution in [2.45, 2.75) is 126 Å². The molecule has 1 heteroatoms. The number of hydrogen-bond acceptors (Lipinski definition) is 1. The topological polar surface area (TPSA) is 12.0 Å². The highest BCUT2D eigenvalue weighted by Gasteiger charge is 2.67. The third-order valence-electron chi connectivity index (χ3n) is 12.8. The van der Waals surface area contributed by atoms with Crippen molar-refractivity contribution in [1.82, 2.24) is 5.32 Å². The summed E-state index contributed by atoms with van der Waals surface area (Å²) in [7, 11) is 2.09. The third-order valence-corrected chi connectivity index (χ3v) is 12.8. The van der Waals surface area contributed by atoms with Gasteiger partial charge in [0.1, 0.15) is 0 Å². The Morgan fingerprint density at radius 3 is 2.22 bits per heavy atom. The number of rotatable bonds is 7. The zero-order valence-electron chi connectivity index (χ0n) is 23.2. The van der Waals surface area contributed by atoms with Gasteiger partial charge in [-0.3, -0.25) is 0 Å². The van der Waals surface area contributed by atoms with Crippen molar-refractivity contribution in [3.8, 4) is 0 Å². The first-order chi connectivity index (χ1) is 15.0. The Kier molecular flexibility index (Phi) is 6.95. The minimum Gasteiger partial charge on any atom is -0.319 e. The van der Waals surface area contributed by atoms with Crippen molar-refractivity contribution in [3.05, 3.63) is 0 Å². The van der Waals surface area contributed by atoms with Crippen LogP contribution in [-0.2, 0) is 0 Å². The van der Waals surface area contributed by atoms with Crippen LogP contribution in [-0.4, -0.2) is 13.6 Å². The highest BCUT2D eigenvalue weighted by Crippen LogP contribution is 2.75. The Bertz CT molecular complexity index is 653. The first-order valence-electron chi connectivity index (χ1n) is 14.6. The van der Waals surface area contributed by atoms with Crippen molar-refractivity contribution in [2.75, 3.05) is 13.6 Å². The van der Waals surface area contributed by atoms with Gasteiger partial charge in [0.2, 0.25) is 0 Å². The van der Waals surface area contributed by atoms with Gasteiger partial charge in [0.05, 0.1) is 0 Å². The largest absolute Gasteiger partial charge is 0.319 e. The predicted molar refractivity (Wildman–Crippen MR) is 140 cm³/mol. The highest BCUT2D eigenvalue weighted by atomic mass is 14.8. The quantitative estimate of drug-likeness (QED) is 0.415. The third kappa shape index (κ3) is 3.83. The summed E-state index contributed by atoms with van der Waals surface area (Å²) in [4.78, 5) is 0. The van der Waals surface area contributed by atoms with E-state index >= 15 is 0 Å². The summed E-state index contributed by atoms with van der Waals surface area (Å²) < 4.78 is 0. The molecule has 0 aliphatic heterocycles. The maximum Gasteiger partial charge on any atom is -0.00262 e. The van der Waals surface area contributed by atoms with Crippen LogP contribution in [0.15, 0.2) is 0 Å². The molecule has 1 unspecified atom stereocenters. The molecule has 0 heterocycles. The monoisotopic (exact) mass is 443 g/mol. The van der Waals surface area contributed by atoms with Crippen LogP contribution in [0.25, 0.3) is 0 Å². The highest BCUT2D eigenvalue weighted by molar-refractivity contribution is 5.16. The van der Waals surface area contributed by atoms with Gasteiger partial charge in [0.15, 0.2) is 0 Å². The van der Waals surface area contributed by atoms with Gasteiger partial charge in [0, 0.05) is 0 Å². The molecule has 0 radical (unpaired) electrons. The summed E-state index contributed by atoms with van der Waals surface area (Å²) in [5, 5.41) is 3.36. The predicted octanol–water partition coefficient (Wildman–Crippen LogP) is 8.72. The van der Waals surface area contributed by atoms with E-state index in [0.29, 0.717) is 21.7 Å². The molecule has 0 amide bonds. The Morgan fingerprint density at radius 2 is 1.50 bits per heavy atom. The Balaban J connectivity index is 1.48. The summed E-state index contributed by atoms with van der Waals surface area (Å²) in [6.45, 7) is 19.8. The fraction of sp³-hybridized carbons (Fsp3) is 1.00. The molecule has 0 bridgehead atoms. The van der Waals surface area contributed by atoms with Crippen molar-refractivity contribution < 1.29 is 0 Å². The number of hydrogen-bond donors (Lipinski definition) is 1. The first kappa shape index (κ1) is 25.1. The van der Waals surface area contributed by atoms with Crippen molar-refractivity contribution in [3.63, 3.8) is 0 Å². The van der Waals surface area contributed by atoms with E-state index in [4.69, 9.17) is 0 Å². The molecule has 0 aromatic carbocycles. The second kappa shape index (κ2) is 8.87. The van der Waals surface area contributed by atoms with Crippen LogP contribution in [0.5, 0.6) is 0 Å². The second-order valence-electron chi connectivity index (χ2n) is 14.8. The molecule has 4 saturated carbocycles. The Hall–Kier alpha value is -0.0400. The molecular formula is C31H57N. The summed E-state index contributed by atoms with van der Waals surface area (Å²) in [6, 6.07) is 0. The maximum atomic E-state index is 3.36. The van der Waals surface area contributed by atoms with Crippen LogP contribution < -0.4 is 5.32 Å². The van der Waals surface area contributed by atoms with Crippen LogP contribution in [0, 0.1) is 57.2 Å². The fourth-order valence-electron chi connectivity index (χ4n) is 11.0. The summed E-state index contributed by atoms with van der Waals surface area (Å²) in [5.41, 5.74) is 2.31. The van der Waals surface area contributed by atoms with Gasteiger partial charge >= 0.3 is 0 Å². The lowest BCUT2D eigenvalue weighted by Crippen LogP contribution is -2.62. The Labute approximate surface area is 201 Å². The summed E-state index contributed by atoms with van der Waals surface area (Å²) in [6.07, 6.45) is 17.8. The fourth-order valence-corrected chi connectivity index (χ4v) is 11.0. The molecule has 9 atom stereocenters. The van der Waals surface area contributed by atoms with Gasteiger partial charge in [-0.25, -0.2) is 0 Å². The van der Waals surface area contributed by atoms with E-state index < -0.39 is 0 Å². The van der Waals surface area contributed by atoms with Crippen LogP contribution >= 0.6 is 0 Å². The number of fused-ring (bicyclic) bond motifs is 5. The molecule has 4 fully saturated rings. The van der Waals surface area contributed by atoms with E-state index in [-0.39, 0.29) is 0 Å². The average Bonchev–Trinajstić information content (AvgIpc) is 3.06. The molecular weight excluding hydrogens is 386 g/mol. The molecule has 32 heavy (non-hydrogen) atoms. The van der Waals surface area contributed by atoms with Crippen LogP contribution in [0.1, 0.15) is 126 Å². The van der Waals surface area contributed by atoms with Gasteiger partial charge in [-0.1, -0.05) is 67.7 Å². The molecule has 0 aromatic heterocycles. The van der Waals surface area contributed by atoms with Gasteiger partial charge in [-0.2, -0.15) is 0 Å². The molecule has 1 N–H and O–H groups in total. The lowest BCUT2D eigenvalue weighted by atomic mass is 9.35. The van der Waals surface area contributed by atoms with Crippen molar-refractivity contribution in [2.24, 2.45) is 57.2 Å². The zero-order chi connectivity index (χ0) is 23.4. The maximum absolute atomic E-state index is 3.36. The van der Waals surface area contributed by atoms with Gasteiger partial charge in [-0.15, -0.1) is 0 Å². The van der Waals surface area contributed by atoms with Gasteiger partial charge in [0.25, 0.3) is 0 Å². The number of nitrogens with one attached hydrogen (secondary N) is 1. The van der Waals surface area contributed by atoms with E-state index in [0.717, 1.165) is 35.5 Å². The Morgan fingerprint density at radius 1 is 0.781 bits per heavy atom. The van der Waals surface area contributed by atoms with Gasteiger partial charge < -0.3 is 5.32 Å². The molecule has 0 saturated heterocycles. The molecule has 0 spiro atoms. The van der Waals surface area contributed by atoms with Crippen LogP contribution in [0.3, 0.4) is 0 Å². The lowest BCUT2D eigenvalue weighted by molar-refractivity contribution is -0.203.